The Balaban J connectivity index is 3.10. The molecule has 0 unspecified atom stereocenters. The third kappa shape index (κ3) is 5.75. The molecular weight excluding hydrogens is 310 g/mol. The predicted octanol–water partition coefficient (Wildman–Crippen LogP) is 2.51. The number of hydrogen-bond acceptors (Lipinski definition) is 5. The normalized spacial score (nSPS) is 10.5. The van der Waals surface area contributed by atoms with Gasteiger partial charge in [0.15, 0.2) is 0 Å². The summed E-state index contributed by atoms with van der Waals surface area (Å²) >= 11 is 6.12. The zero-order chi connectivity index (χ0) is 16.5. The lowest BCUT2D eigenvalue weighted by Crippen LogP contribution is -2.09. The number of carbonyl (C=O) groups excluding carboxylic acids is 2. The highest BCUT2D eigenvalue weighted by molar-refractivity contribution is 6.32. The average Bonchev–Trinajstić information content (AvgIpc) is 2.47. The maximum absolute atomic E-state index is 11.2. The molecule has 0 atom stereocenters. The van der Waals surface area contributed by atoms with Gasteiger partial charge in [0.05, 0.1) is 18.7 Å². The van der Waals surface area contributed by atoms with E-state index in [-0.39, 0.29) is 5.91 Å². The van der Waals surface area contributed by atoms with Crippen LogP contribution in [0.25, 0.3) is 6.08 Å². The Morgan fingerprint density at radius 2 is 2.00 bits per heavy atom. The van der Waals surface area contributed by atoms with Crippen LogP contribution in [0.1, 0.15) is 12.5 Å². The van der Waals surface area contributed by atoms with Crippen LogP contribution < -0.4 is 10.1 Å². The van der Waals surface area contributed by atoms with Crippen LogP contribution in [0.5, 0.6) is 5.75 Å². The van der Waals surface area contributed by atoms with Crippen molar-refractivity contribution in [3.05, 3.63) is 28.8 Å². The number of carbonyl (C=O) groups is 2. The number of ether oxygens (including phenoxy) is 3. The summed E-state index contributed by atoms with van der Waals surface area (Å²) in [6.07, 6.45) is 2.75. The van der Waals surface area contributed by atoms with Gasteiger partial charge in [-0.15, -0.1) is 0 Å². The van der Waals surface area contributed by atoms with Crippen LogP contribution in [0.3, 0.4) is 0 Å². The minimum atomic E-state index is -0.509. The van der Waals surface area contributed by atoms with Crippen molar-refractivity contribution < 1.29 is 23.8 Å². The predicted molar refractivity (Wildman–Crippen MR) is 84.2 cm³/mol. The van der Waals surface area contributed by atoms with Crippen LogP contribution in [0.2, 0.25) is 5.02 Å². The molecule has 0 spiro atoms. The van der Waals surface area contributed by atoms with E-state index in [4.69, 9.17) is 21.1 Å². The highest BCUT2D eigenvalue weighted by atomic mass is 35.5. The number of hydrogen-bond donors (Lipinski definition) is 1. The molecule has 0 bridgehead atoms. The Morgan fingerprint density at radius 3 is 2.59 bits per heavy atom. The van der Waals surface area contributed by atoms with Crippen molar-refractivity contribution in [2.45, 2.75) is 6.92 Å². The summed E-state index contributed by atoms with van der Waals surface area (Å²) in [5.74, 6) is -0.334. The summed E-state index contributed by atoms with van der Waals surface area (Å²) in [4.78, 5) is 22.5. The molecule has 0 radical (unpaired) electrons. The van der Waals surface area contributed by atoms with Gasteiger partial charge in [-0.1, -0.05) is 11.6 Å². The van der Waals surface area contributed by atoms with Crippen LogP contribution in [0.15, 0.2) is 18.2 Å². The molecular formula is C15H18ClNO5. The second-order valence-electron chi connectivity index (χ2n) is 4.25. The standard InChI is InChI=1S/C15H18ClNO5/c1-10(18)17-13-9-12(16)14(22-7-6-20-2)8-11(13)4-5-15(19)21-3/h4-5,8-9H,6-7H2,1-3H3,(H,17,18). The van der Waals surface area contributed by atoms with Crippen LogP contribution in [0, 0.1) is 0 Å². The van der Waals surface area contributed by atoms with Gasteiger partial charge in [-0.25, -0.2) is 4.79 Å². The summed E-state index contributed by atoms with van der Waals surface area (Å²) in [6.45, 7) is 2.12. The maximum Gasteiger partial charge on any atom is 0.330 e. The first-order chi connectivity index (χ1) is 10.5. The highest BCUT2D eigenvalue weighted by Gasteiger charge is 2.10. The van der Waals surface area contributed by atoms with Gasteiger partial charge in [0.1, 0.15) is 12.4 Å². The molecule has 0 saturated heterocycles. The quantitative estimate of drug-likeness (QED) is 0.473. The van der Waals surface area contributed by atoms with Crippen LogP contribution in [0.4, 0.5) is 5.69 Å². The van der Waals surface area contributed by atoms with E-state index in [9.17, 15) is 9.59 Å². The van der Waals surface area contributed by atoms with E-state index in [1.165, 1.54) is 26.2 Å². The fourth-order valence-corrected chi connectivity index (χ4v) is 1.79. The lowest BCUT2D eigenvalue weighted by atomic mass is 10.1. The molecule has 1 aromatic carbocycles. The van der Waals surface area contributed by atoms with Gasteiger partial charge in [-0.3, -0.25) is 4.79 Å². The van der Waals surface area contributed by atoms with E-state index in [0.717, 1.165) is 0 Å². The Bertz CT molecular complexity index is 571. The van der Waals surface area contributed by atoms with Crippen molar-refractivity contribution in [1.82, 2.24) is 0 Å². The third-order valence-corrected chi connectivity index (χ3v) is 2.86. The van der Waals surface area contributed by atoms with E-state index >= 15 is 0 Å². The zero-order valence-corrected chi connectivity index (χ0v) is 13.4. The Hall–Kier alpha value is -2.05. The summed E-state index contributed by atoms with van der Waals surface area (Å²) < 4.78 is 14.9. The lowest BCUT2D eigenvalue weighted by molar-refractivity contribution is -0.134. The summed E-state index contributed by atoms with van der Waals surface area (Å²) in [5.41, 5.74) is 1.04. The molecule has 0 aromatic heterocycles. The summed E-state index contributed by atoms with van der Waals surface area (Å²) in [5, 5.41) is 2.99. The molecule has 0 fully saturated rings. The lowest BCUT2D eigenvalue weighted by Gasteiger charge is -2.13. The average molecular weight is 328 g/mol. The minimum Gasteiger partial charge on any atom is -0.490 e. The summed E-state index contributed by atoms with van der Waals surface area (Å²) in [6, 6.07) is 3.19. The fourth-order valence-electron chi connectivity index (χ4n) is 1.58. The molecule has 0 aliphatic heterocycles. The number of nitrogens with one attached hydrogen (secondary N) is 1. The SMILES string of the molecule is COCCOc1cc(C=CC(=O)OC)c(NC(C)=O)cc1Cl. The molecule has 1 rings (SSSR count). The fraction of sp³-hybridized carbons (Fsp3) is 0.333. The smallest absolute Gasteiger partial charge is 0.330 e. The van der Waals surface area contributed by atoms with Crippen LogP contribution >= 0.6 is 11.6 Å². The van der Waals surface area contributed by atoms with E-state index in [0.29, 0.717) is 35.2 Å². The van der Waals surface area contributed by atoms with Gasteiger partial charge < -0.3 is 19.5 Å². The molecule has 1 N–H and O–H groups in total. The Labute approximate surface area is 134 Å². The van der Waals surface area contributed by atoms with Gasteiger partial charge in [0.2, 0.25) is 5.91 Å². The number of benzene rings is 1. The van der Waals surface area contributed by atoms with E-state index in [1.807, 2.05) is 0 Å². The minimum absolute atomic E-state index is 0.253. The first-order valence-corrected chi connectivity index (χ1v) is 6.84. The number of amides is 1. The number of esters is 1. The zero-order valence-electron chi connectivity index (χ0n) is 12.6. The van der Waals surface area contributed by atoms with Crippen molar-refractivity contribution in [2.24, 2.45) is 0 Å². The molecule has 0 aliphatic carbocycles. The van der Waals surface area contributed by atoms with Crippen molar-refractivity contribution in [2.75, 3.05) is 32.8 Å². The van der Waals surface area contributed by atoms with E-state index in [1.54, 1.807) is 19.2 Å². The van der Waals surface area contributed by atoms with E-state index < -0.39 is 5.97 Å². The van der Waals surface area contributed by atoms with Crippen LogP contribution in [-0.4, -0.2) is 39.3 Å². The second-order valence-corrected chi connectivity index (χ2v) is 4.66. The monoisotopic (exact) mass is 327 g/mol. The van der Waals surface area contributed by atoms with Crippen molar-refractivity contribution in [3.63, 3.8) is 0 Å². The van der Waals surface area contributed by atoms with E-state index in [2.05, 4.69) is 10.1 Å². The second kappa shape index (κ2) is 9.07. The molecule has 0 heterocycles. The number of methoxy groups -OCH3 is 2. The number of anilines is 1. The van der Waals surface area contributed by atoms with Gasteiger partial charge in [-0.2, -0.15) is 0 Å². The number of rotatable bonds is 7. The van der Waals surface area contributed by atoms with Gasteiger partial charge >= 0.3 is 5.97 Å². The van der Waals surface area contributed by atoms with Gasteiger partial charge in [-0.05, 0) is 18.2 Å². The first kappa shape index (κ1) is 18.0. The highest BCUT2D eigenvalue weighted by Crippen LogP contribution is 2.32. The van der Waals surface area contributed by atoms with Crippen molar-refractivity contribution in [1.29, 1.82) is 0 Å². The molecule has 7 heteroatoms. The number of halogens is 1. The van der Waals surface area contributed by atoms with Gasteiger partial charge in [0, 0.05) is 31.4 Å². The van der Waals surface area contributed by atoms with Crippen LogP contribution in [-0.2, 0) is 19.1 Å². The van der Waals surface area contributed by atoms with Gasteiger partial charge in [0.25, 0.3) is 0 Å². The Morgan fingerprint density at radius 1 is 1.27 bits per heavy atom. The Kier molecular flexibility index (Phi) is 7.42. The first-order valence-electron chi connectivity index (χ1n) is 6.46. The maximum atomic E-state index is 11.2. The topological polar surface area (TPSA) is 73.9 Å². The summed E-state index contributed by atoms with van der Waals surface area (Å²) in [7, 11) is 2.85. The molecule has 1 amide bonds. The molecule has 120 valence electrons. The third-order valence-electron chi connectivity index (χ3n) is 2.56. The van der Waals surface area contributed by atoms with Crippen molar-refractivity contribution in [3.8, 4) is 5.75 Å². The molecule has 6 nitrogen and oxygen atoms in total. The largest absolute Gasteiger partial charge is 0.490 e. The molecule has 22 heavy (non-hydrogen) atoms. The molecule has 1 aromatic rings. The molecule has 0 saturated carbocycles. The molecule has 0 aliphatic rings. The van der Waals surface area contributed by atoms with Crippen molar-refractivity contribution >= 4 is 35.2 Å².